The van der Waals surface area contributed by atoms with Crippen LogP contribution >= 0.6 is 0 Å². The van der Waals surface area contributed by atoms with E-state index in [-0.39, 0.29) is 12.0 Å². The SMILES string of the molecule is C1=CC2Oc3ccccc3C2C=C1n1c2ccccc2c2c3c4ccccc4n(-c4cccc(-c5ccccc5)c4)c3ccc21. The molecule has 10 rings (SSSR count). The number of hydrogen-bond donors (Lipinski definition) is 0. The molecule has 3 heterocycles. The predicted octanol–water partition coefficient (Wildman–Crippen LogP) is 10.5. The number of nitrogens with zero attached hydrogens (tertiary/aromatic N) is 2. The van der Waals surface area contributed by atoms with Crippen LogP contribution in [0.2, 0.25) is 0 Å². The Bertz CT molecular complexity index is 2530. The van der Waals surface area contributed by atoms with Gasteiger partial charge in [0.1, 0.15) is 11.9 Å². The van der Waals surface area contributed by atoms with Gasteiger partial charge in [0.05, 0.1) is 22.1 Å². The third-order valence-corrected chi connectivity index (χ3v) is 9.64. The van der Waals surface area contributed by atoms with Crippen molar-refractivity contribution in [3.63, 3.8) is 0 Å². The second-order valence-electron chi connectivity index (χ2n) is 12.1. The fourth-order valence-corrected chi connectivity index (χ4v) is 7.72. The van der Waals surface area contributed by atoms with Crippen molar-refractivity contribution in [2.75, 3.05) is 0 Å². The van der Waals surface area contributed by atoms with E-state index in [2.05, 4.69) is 167 Å². The van der Waals surface area contributed by atoms with E-state index in [4.69, 9.17) is 4.74 Å². The highest BCUT2D eigenvalue weighted by atomic mass is 16.5. The van der Waals surface area contributed by atoms with E-state index >= 15 is 0 Å². The maximum absolute atomic E-state index is 6.30. The Hall–Kier alpha value is -5.80. The molecule has 6 aromatic carbocycles. The van der Waals surface area contributed by atoms with Gasteiger partial charge in [-0.25, -0.2) is 0 Å². The molecule has 2 aromatic heterocycles. The lowest BCUT2D eigenvalue weighted by Gasteiger charge is -2.20. The van der Waals surface area contributed by atoms with Crippen LogP contribution in [0, 0.1) is 0 Å². The van der Waals surface area contributed by atoms with Gasteiger partial charge in [0.2, 0.25) is 0 Å². The molecule has 0 amide bonds. The molecule has 212 valence electrons. The van der Waals surface area contributed by atoms with Crippen molar-refractivity contribution in [1.82, 2.24) is 9.13 Å². The molecule has 2 unspecified atom stereocenters. The first-order valence-corrected chi connectivity index (χ1v) is 15.6. The highest BCUT2D eigenvalue weighted by Gasteiger charge is 2.33. The van der Waals surface area contributed by atoms with E-state index in [1.165, 1.54) is 66.0 Å². The first kappa shape index (κ1) is 24.6. The molecule has 0 spiro atoms. The van der Waals surface area contributed by atoms with Gasteiger partial charge in [0, 0.05) is 44.4 Å². The van der Waals surface area contributed by atoms with Crippen LogP contribution in [0.4, 0.5) is 0 Å². The number of para-hydroxylation sites is 3. The van der Waals surface area contributed by atoms with Crippen molar-refractivity contribution in [3.8, 4) is 22.6 Å². The Kier molecular flexibility index (Phi) is 5.11. The van der Waals surface area contributed by atoms with Crippen LogP contribution in [-0.4, -0.2) is 15.2 Å². The van der Waals surface area contributed by atoms with Crippen molar-refractivity contribution in [1.29, 1.82) is 0 Å². The Morgan fingerprint density at radius 1 is 0.511 bits per heavy atom. The summed E-state index contributed by atoms with van der Waals surface area (Å²) in [7, 11) is 0. The lowest BCUT2D eigenvalue weighted by Crippen LogP contribution is -2.18. The monoisotopic (exact) mass is 576 g/mol. The molecule has 0 saturated heterocycles. The molecule has 3 nitrogen and oxygen atoms in total. The maximum Gasteiger partial charge on any atom is 0.128 e. The van der Waals surface area contributed by atoms with Crippen LogP contribution in [0.3, 0.4) is 0 Å². The number of allylic oxidation sites excluding steroid dienone is 2. The number of hydrogen-bond acceptors (Lipinski definition) is 1. The smallest absolute Gasteiger partial charge is 0.128 e. The standard InChI is InChI=1S/C42H28N2O/c1-2-11-27(12-3-1)28-13-10-14-29(25-28)43-35-18-7-4-16-32(35)41-37(43)22-23-38-42(41)33-17-5-8-19-36(33)44(38)30-21-24-40-34(26-30)31-15-6-9-20-39(31)45-40/h1-26,34,40H. The molecule has 8 aromatic rings. The van der Waals surface area contributed by atoms with Crippen LogP contribution in [0.25, 0.3) is 66.1 Å². The van der Waals surface area contributed by atoms with E-state index in [1.807, 2.05) is 0 Å². The molecule has 0 saturated carbocycles. The number of rotatable bonds is 3. The number of benzene rings is 6. The van der Waals surface area contributed by atoms with Crippen LogP contribution in [0.5, 0.6) is 5.75 Å². The molecule has 0 N–H and O–H groups in total. The largest absolute Gasteiger partial charge is 0.485 e. The quantitative estimate of drug-likeness (QED) is 0.205. The highest BCUT2D eigenvalue weighted by Crippen LogP contribution is 2.46. The van der Waals surface area contributed by atoms with Crippen molar-refractivity contribution in [3.05, 3.63) is 163 Å². The number of fused-ring (bicyclic) bond motifs is 10. The molecule has 0 fully saturated rings. The van der Waals surface area contributed by atoms with Gasteiger partial charge < -0.3 is 13.9 Å². The second-order valence-corrected chi connectivity index (χ2v) is 12.1. The minimum atomic E-state index is 0.0376. The summed E-state index contributed by atoms with van der Waals surface area (Å²) in [4.78, 5) is 0. The van der Waals surface area contributed by atoms with Gasteiger partial charge in [-0.15, -0.1) is 0 Å². The van der Waals surface area contributed by atoms with Crippen molar-refractivity contribution < 1.29 is 4.74 Å². The van der Waals surface area contributed by atoms with Crippen LogP contribution in [-0.2, 0) is 0 Å². The Morgan fingerprint density at radius 3 is 1.96 bits per heavy atom. The third kappa shape index (κ3) is 3.52. The average molecular weight is 577 g/mol. The van der Waals surface area contributed by atoms with E-state index in [0.29, 0.717) is 0 Å². The second kappa shape index (κ2) is 9.35. The van der Waals surface area contributed by atoms with Crippen LogP contribution < -0.4 is 4.74 Å². The lowest BCUT2D eigenvalue weighted by molar-refractivity contribution is 0.269. The molecule has 1 aliphatic carbocycles. The summed E-state index contributed by atoms with van der Waals surface area (Å²) in [5.41, 5.74) is 10.9. The lowest BCUT2D eigenvalue weighted by atomic mass is 9.91. The molecular weight excluding hydrogens is 548 g/mol. The summed E-state index contributed by atoms with van der Waals surface area (Å²) in [5.74, 6) is 1.18. The summed E-state index contributed by atoms with van der Waals surface area (Å²) in [6.45, 7) is 0. The third-order valence-electron chi connectivity index (χ3n) is 9.64. The van der Waals surface area contributed by atoms with Crippen molar-refractivity contribution in [2.45, 2.75) is 12.0 Å². The molecule has 0 radical (unpaired) electrons. The van der Waals surface area contributed by atoms with Gasteiger partial charge in [-0.05, 0) is 71.8 Å². The maximum atomic E-state index is 6.30. The van der Waals surface area contributed by atoms with Gasteiger partial charge in [0.15, 0.2) is 0 Å². The van der Waals surface area contributed by atoms with Crippen molar-refractivity contribution in [2.24, 2.45) is 0 Å². The molecule has 2 atom stereocenters. The minimum absolute atomic E-state index is 0.0376. The summed E-state index contributed by atoms with van der Waals surface area (Å²) < 4.78 is 11.2. The van der Waals surface area contributed by atoms with Crippen molar-refractivity contribution >= 4 is 49.3 Å². The normalized spacial score (nSPS) is 17.1. The minimum Gasteiger partial charge on any atom is -0.485 e. The Balaban J connectivity index is 1.25. The molecule has 45 heavy (non-hydrogen) atoms. The van der Waals surface area contributed by atoms with Crippen LogP contribution in [0.15, 0.2) is 158 Å². The molecule has 3 heteroatoms. The zero-order valence-corrected chi connectivity index (χ0v) is 24.5. The van der Waals surface area contributed by atoms with E-state index < -0.39 is 0 Å². The fourth-order valence-electron chi connectivity index (χ4n) is 7.72. The number of ether oxygens (including phenoxy) is 1. The first-order valence-electron chi connectivity index (χ1n) is 15.6. The van der Waals surface area contributed by atoms with Gasteiger partial charge in [0.25, 0.3) is 0 Å². The van der Waals surface area contributed by atoms with E-state index in [0.717, 1.165) is 11.4 Å². The zero-order valence-electron chi connectivity index (χ0n) is 24.5. The molecule has 0 bridgehead atoms. The fraction of sp³-hybridized carbons (Fsp3) is 0.0476. The summed E-state index contributed by atoms with van der Waals surface area (Å²) in [6, 6.07) is 50.3. The topological polar surface area (TPSA) is 19.1 Å². The van der Waals surface area contributed by atoms with Gasteiger partial charge in [-0.3, -0.25) is 0 Å². The van der Waals surface area contributed by atoms with Gasteiger partial charge in [-0.2, -0.15) is 0 Å². The van der Waals surface area contributed by atoms with Gasteiger partial charge in [-0.1, -0.05) is 97.1 Å². The molecule has 2 aliphatic rings. The number of aromatic nitrogens is 2. The predicted molar refractivity (Wildman–Crippen MR) is 186 cm³/mol. The Morgan fingerprint density at radius 2 is 1.16 bits per heavy atom. The van der Waals surface area contributed by atoms with Crippen LogP contribution in [0.1, 0.15) is 11.5 Å². The zero-order chi connectivity index (χ0) is 29.5. The summed E-state index contributed by atoms with van der Waals surface area (Å²) in [5, 5.41) is 5.10. The Labute approximate surface area is 260 Å². The van der Waals surface area contributed by atoms with E-state index in [9.17, 15) is 0 Å². The highest BCUT2D eigenvalue weighted by molar-refractivity contribution is 6.29. The summed E-state index contributed by atoms with van der Waals surface area (Å²) in [6.07, 6.45) is 6.90. The summed E-state index contributed by atoms with van der Waals surface area (Å²) >= 11 is 0. The molecular formula is C42H28N2O. The first-order chi connectivity index (χ1) is 22.3. The average Bonchev–Trinajstić information content (AvgIpc) is 3.76. The van der Waals surface area contributed by atoms with Gasteiger partial charge >= 0.3 is 0 Å². The van der Waals surface area contributed by atoms with E-state index in [1.54, 1.807) is 0 Å². The molecule has 1 aliphatic heterocycles.